The number of imidazole rings is 1. The molecule has 0 aromatic carbocycles. The van der Waals surface area contributed by atoms with E-state index in [0.717, 1.165) is 37.7 Å². The first kappa shape index (κ1) is 14.4. The van der Waals surface area contributed by atoms with Gasteiger partial charge in [-0.2, -0.15) is 0 Å². The molecule has 0 unspecified atom stereocenters. The Balaban J connectivity index is 1.96. The minimum atomic E-state index is 0.877. The molecule has 0 amide bonds. The average Bonchev–Trinajstić information content (AvgIpc) is 3.24. The fourth-order valence-corrected chi connectivity index (χ4v) is 2.86. The molecule has 0 saturated heterocycles. The minimum absolute atomic E-state index is 0.877. The number of hydrogen-bond acceptors (Lipinski definition) is 3. The molecule has 21 heavy (non-hydrogen) atoms. The van der Waals surface area contributed by atoms with Gasteiger partial charge in [-0.3, -0.25) is 0 Å². The molecule has 2 heterocycles. The van der Waals surface area contributed by atoms with Gasteiger partial charge in [0.25, 0.3) is 0 Å². The normalized spacial score (nSPS) is 14.8. The quantitative estimate of drug-likeness (QED) is 0.809. The zero-order valence-electron chi connectivity index (χ0n) is 13.2. The number of anilines is 1. The van der Waals surface area contributed by atoms with Gasteiger partial charge in [0, 0.05) is 25.8 Å². The maximum Gasteiger partial charge on any atom is 0.152 e. The number of fused-ring (bicyclic) bond motifs is 1. The number of pyridine rings is 1. The Hall–Kier alpha value is -1.55. The summed E-state index contributed by atoms with van der Waals surface area (Å²) in [5, 5.41) is 3.46. The first-order chi connectivity index (χ1) is 10.3. The Morgan fingerprint density at radius 1 is 1.33 bits per heavy atom. The zero-order valence-corrected chi connectivity index (χ0v) is 13.2. The van der Waals surface area contributed by atoms with E-state index in [2.05, 4.69) is 52.9 Å². The molecule has 3 rings (SSSR count). The molecule has 4 heteroatoms. The second-order valence-electron chi connectivity index (χ2n) is 5.98. The lowest BCUT2D eigenvalue weighted by Gasteiger charge is -2.23. The van der Waals surface area contributed by atoms with Crippen molar-refractivity contribution in [1.82, 2.24) is 14.7 Å². The summed E-state index contributed by atoms with van der Waals surface area (Å²) in [6.07, 6.45) is 6.06. The van der Waals surface area contributed by atoms with Crippen molar-refractivity contribution in [2.24, 2.45) is 5.92 Å². The molecule has 114 valence electrons. The number of rotatable bonds is 8. The minimum Gasteiger partial charge on any atom is -0.355 e. The fraction of sp³-hybridized carbons (Fsp3) is 0.588. The molecule has 1 aliphatic rings. The molecule has 1 saturated carbocycles. The van der Waals surface area contributed by atoms with E-state index in [-0.39, 0.29) is 0 Å². The van der Waals surface area contributed by atoms with Crippen LogP contribution in [0.3, 0.4) is 0 Å². The molecule has 2 aromatic heterocycles. The van der Waals surface area contributed by atoms with Crippen LogP contribution >= 0.6 is 0 Å². The molecule has 0 radical (unpaired) electrons. The molecule has 2 aromatic rings. The lowest BCUT2D eigenvalue weighted by atomic mass is 10.3. The van der Waals surface area contributed by atoms with Gasteiger partial charge in [0.05, 0.1) is 5.69 Å². The van der Waals surface area contributed by atoms with Crippen LogP contribution in [0.2, 0.25) is 0 Å². The molecule has 4 nitrogen and oxygen atoms in total. The van der Waals surface area contributed by atoms with Crippen LogP contribution in [0.15, 0.2) is 24.4 Å². The van der Waals surface area contributed by atoms with Gasteiger partial charge in [-0.1, -0.05) is 19.9 Å². The van der Waals surface area contributed by atoms with E-state index in [1.165, 1.54) is 30.8 Å². The summed E-state index contributed by atoms with van der Waals surface area (Å²) in [4.78, 5) is 7.41. The van der Waals surface area contributed by atoms with E-state index in [1.807, 2.05) is 0 Å². The largest absolute Gasteiger partial charge is 0.355 e. The van der Waals surface area contributed by atoms with Gasteiger partial charge in [0.2, 0.25) is 0 Å². The highest BCUT2D eigenvalue weighted by molar-refractivity contribution is 5.56. The van der Waals surface area contributed by atoms with Gasteiger partial charge in [0.15, 0.2) is 5.82 Å². The third-order valence-corrected chi connectivity index (χ3v) is 4.12. The summed E-state index contributed by atoms with van der Waals surface area (Å²) >= 11 is 0. The molecular weight excluding hydrogens is 260 g/mol. The van der Waals surface area contributed by atoms with Crippen LogP contribution in [0.5, 0.6) is 0 Å². The summed E-state index contributed by atoms with van der Waals surface area (Å²) < 4.78 is 2.23. The topological polar surface area (TPSA) is 32.6 Å². The second-order valence-corrected chi connectivity index (χ2v) is 5.98. The third kappa shape index (κ3) is 3.21. The van der Waals surface area contributed by atoms with Gasteiger partial charge in [-0.05, 0) is 43.9 Å². The zero-order chi connectivity index (χ0) is 14.7. The standard InChI is InChI=1S/C17H26N4/c1-3-10-20(13-14-8-9-14)17-15(12-18-4-2)21-11-6-5-7-16(21)19-17/h5-7,11,14,18H,3-4,8-10,12-13H2,1-2H3. The Bertz CT molecular complexity index is 585. The number of nitrogens with zero attached hydrogens (tertiary/aromatic N) is 3. The van der Waals surface area contributed by atoms with Crippen LogP contribution in [0.1, 0.15) is 38.8 Å². The van der Waals surface area contributed by atoms with E-state index < -0.39 is 0 Å². The Morgan fingerprint density at radius 2 is 2.19 bits per heavy atom. The predicted molar refractivity (Wildman–Crippen MR) is 87.8 cm³/mol. The highest BCUT2D eigenvalue weighted by atomic mass is 15.2. The fourth-order valence-electron chi connectivity index (χ4n) is 2.86. The molecule has 1 N–H and O–H groups in total. The molecule has 1 aliphatic carbocycles. The van der Waals surface area contributed by atoms with Gasteiger partial charge in [0.1, 0.15) is 5.65 Å². The average molecular weight is 286 g/mol. The maximum atomic E-state index is 4.91. The first-order valence-corrected chi connectivity index (χ1v) is 8.25. The Morgan fingerprint density at radius 3 is 2.90 bits per heavy atom. The van der Waals surface area contributed by atoms with Crippen molar-refractivity contribution in [3.05, 3.63) is 30.1 Å². The summed E-state index contributed by atoms with van der Waals surface area (Å²) in [6, 6.07) is 6.24. The van der Waals surface area contributed by atoms with Crippen molar-refractivity contribution in [2.75, 3.05) is 24.5 Å². The lowest BCUT2D eigenvalue weighted by molar-refractivity contribution is 0.674. The summed E-state index contributed by atoms with van der Waals surface area (Å²) in [5.74, 6) is 2.06. The van der Waals surface area contributed by atoms with Gasteiger partial charge in [-0.25, -0.2) is 4.98 Å². The highest BCUT2D eigenvalue weighted by Gasteiger charge is 2.26. The highest BCUT2D eigenvalue weighted by Crippen LogP contribution is 2.32. The first-order valence-electron chi connectivity index (χ1n) is 8.25. The van der Waals surface area contributed by atoms with Crippen molar-refractivity contribution in [2.45, 2.75) is 39.7 Å². The van der Waals surface area contributed by atoms with Gasteiger partial charge in [-0.15, -0.1) is 0 Å². The SMILES string of the molecule is CCCN(CC1CC1)c1nc2ccccn2c1CNCC. The van der Waals surface area contributed by atoms with Gasteiger partial charge < -0.3 is 14.6 Å². The summed E-state index contributed by atoms with van der Waals surface area (Å²) in [5.41, 5.74) is 2.35. The van der Waals surface area contributed by atoms with Crippen LogP contribution < -0.4 is 10.2 Å². The van der Waals surface area contributed by atoms with Crippen molar-refractivity contribution in [3.63, 3.8) is 0 Å². The van der Waals surface area contributed by atoms with Crippen LogP contribution in [-0.4, -0.2) is 29.0 Å². The number of nitrogens with one attached hydrogen (secondary N) is 1. The van der Waals surface area contributed by atoms with Crippen LogP contribution in [0.25, 0.3) is 5.65 Å². The van der Waals surface area contributed by atoms with E-state index in [0.29, 0.717) is 0 Å². The summed E-state index contributed by atoms with van der Waals surface area (Å²) in [6.45, 7) is 8.52. The van der Waals surface area contributed by atoms with Crippen molar-refractivity contribution < 1.29 is 0 Å². The summed E-state index contributed by atoms with van der Waals surface area (Å²) in [7, 11) is 0. The van der Waals surface area contributed by atoms with Crippen LogP contribution in [-0.2, 0) is 6.54 Å². The van der Waals surface area contributed by atoms with Gasteiger partial charge >= 0.3 is 0 Å². The van der Waals surface area contributed by atoms with E-state index in [9.17, 15) is 0 Å². The molecule has 0 bridgehead atoms. The van der Waals surface area contributed by atoms with E-state index in [4.69, 9.17) is 4.98 Å². The number of aromatic nitrogens is 2. The van der Waals surface area contributed by atoms with Crippen LogP contribution in [0, 0.1) is 5.92 Å². The maximum absolute atomic E-state index is 4.91. The lowest BCUT2D eigenvalue weighted by Crippen LogP contribution is -2.28. The molecule has 1 fully saturated rings. The predicted octanol–water partition coefficient (Wildman–Crippen LogP) is 3.07. The Labute approximate surface area is 127 Å². The Kier molecular flexibility index (Phi) is 4.44. The number of hydrogen-bond donors (Lipinski definition) is 1. The van der Waals surface area contributed by atoms with Crippen molar-refractivity contribution in [1.29, 1.82) is 0 Å². The van der Waals surface area contributed by atoms with Crippen molar-refractivity contribution >= 4 is 11.5 Å². The second kappa shape index (κ2) is 6.48. The molecule has 0 spiro atoms. The van der Waals surface area contributed by atoms with E-state index >= 15 is 0 Å². The molecule has 0 atom stereocenters. The molecular formula is C17H26N4. The monoisotopic (exact) mass is 286 g/mol. The third-order valence-electron chi connectivity index (χ3n) is 4.12. The molecule has 0 aliphatic heterocycles. The van der Waals surface area contributed by atoms with E-state index in [1.54, 1.807) is 0 Å². The smallest absolute Gasteiger partial charge is 0.152 e. The van der Waals surface area contributed by atoms with Crippen molar-refractivity contribution in [3.8, 4) is 0 Å². The van der Waals surface area contributed by atoms with Crippen LogP contribution in [0.4, 0.5) is 5.82 Å².